The molecule has 1 aliphatic carbocycles. The summed E-state index contributed by atoms with van der Waals surface area (Å²) in [6, 6.07) is 0. The van der Waals surface area contributed by atoms with Gasteiger partial charge in [-0.3, -0.25) is 0 Å². The van der Waals surface area contributed by atoms with Crippen LogP contribution in [0, 0.1) is 11.8 Å². The van der Waals surface area contributed by atoms with Crippen molar-refractivity contribution in [1.82, 2.24) is 0 Å². The van der Waals surface area contributed by atoms with Crippen molar-refractivity contribution in [1.29, 1.82) is 0 Å². The third-order valence-corrected chi connectivity index (χ3v) is 2.69. The highest BCUT2D eigenvalue weighted by atomic mass is 16.5. The van der Waals surface area contributed by atoms with Crippen LogP contribution in [0.3, 0.4) is 0 Å². The lowest BCUT2D eigenvalue weighted by Gasteiger charge is -2.25. The first kappa shape index (κ1) is 9.05. The molecule has 0 heterocycles. The van der Waals surface area contributed by atoms with Gasteiger partial charge in [0.05, 0.1) is 0 Å². The molecule has 1 fully saturated rings. The second kappa shape index (κ2) is 4.76. The van der Waals surface area contributed by atoms with E-state index in [0.29, 0.717) is 0 Å². The summed E-state index contributed by atoms with van der Waals surface area (Å²) in [4.78, 5) is 0. The van der Waals surface area contributed by atoms with Crippen molar-refractivity contribution in [2.24, 2.45) is 11.8 Å². The molecule has 0 N–H and O–H groups in total. The van der Waals surface area contributed by atoms with Crippen molar-refractivity contribution in [3.05, 3.63) is 0 Å². The summed E-state index contributed by atoms with van der Waals surface area (Å²) in [7, 11) is 0. The minimum atomic E-state index is 0.867. The molecule has 0 aromatic rings. The van der Waals surface area contributed by atoms with E-state index in [-0.39, 0.29) is 0 Å². The van der Waals surface area contributed by atoms with Crippen LogP contribution in [0.15, 0.2) is 0 Å². The van der Waals surface area contributed by atoms with Crippen molar-refractivity contribution in [2.45, 2.75) is 39.5 Å². The fraction of sp³-hybridized carbons (Fsp3) is 1.00. The minimum absolute atomic E-state index is 0.867. The molecule has 1 heteroatoms. The zero-order valence-corrected chi connectivity index (χ0v) is 7.81. The molecule has 0 radical (unpaired) electrons. The lowest BCUT2D eigenvalue weighted by molar-refractivity contribution is 0.0881. The van der Waals surface area contributed by atoms with E-state index in [4.69, 9.17) is 4.74 Å². The summed E-state index contributed by atoms with van der Waals surface area (Å²) in [5.74, 6) is 1.83. The first-order chi connectivity index (χ1) is 5.33. The van der Waals surface area contributed by atoms with Gasteiger partial charge in [0.15, 0.2) is 0 Å². The second-order valence-corrected chi connectivity index (χ2v) is 3.79. The molecule has 11 heavy (non-hydrogen) atoms. The molecule has 0 unspecified atom stereocenters. The average Bonchev–Trinajstić information content (AvgIpc) is 2.04. The average molecular weight is 156 g/mol. The summed E-state index contributed by atoms with van der Waals surface area (Å²) >= 11 is 0. The summed E-state index contributed by atoms with van der Waals surface area (Å²) in [6.45, 7) is 6.32. The summed E-state index contributed by atoms with van der Waals surface area (Å²) < 4.78 is 5.41. The van der Waals surface area contributed by atoms with E-state index in [0.717, 1.165) is 25.0 Å². The highest BCUT2D eigenvalue weighted by Gasteiger charge is 2.17. The Hall–Kier alpha value is -0.0400. The van der Waals surface area contributed by atoms with Crippen molar-refractivity contribution in [2.75, 3.05) is 13.2 Å². The van der Waals surface area contributed by atoms with Gasteiger partial charge in [-0.05, 0) is 31.6 Å². The zero-order valence-electron chi connectivity index (χ0n) is 7.81. The van der Waals surface area contributed by atoms with Gasteiger partial charge in [0.2, 0.25) is 0 Å². The van der Waals surface area contributed by atoms with Gasteiger partial charge in [0.25, 0.3) is 0 Å². The molecule has 66 valence electrons. The van der Waals surface area contributed by atoms with Crippen LogP contribution < -0.4 is 0 Å². The van der Waals surface area contributed by atoms with Crippen molar-refractivity contribution >= 4 is 0 Å². The molecule has 1 saturated carbocycles. The van der Waals surface area contributed by atoms with Crippen molar-refractivity contribution < 1.29 is 4.74 Å². The Morgan fingerprint density at radius 3 is 2.36 bits per heavy atom. The third-order valence-electron chi connectivity index (χ3n) is 2.69. The van der Waals surface area contributed by atoms with Gasteiger partial charge in [-0.1, -0.05) is 19.8 Å². The van der Waals surface area contributed by atoms with Gasteiger partial charge in [0, 0.05) is 13.2 Å². The second-order valence-electron chi connectivity index (χ2n) is 3.79. The smallest absolute Gasteiger partial charge is 0.0494 e. The Morgan fingerprint density at radius 2 is 1.82 bits per heavy atom. The van der Waals surface area contributed by atoms with Gasteiger partial charge in [-0.15, -0.1) is 0 Å². The highest BCUT2D eigenvalue weighted by Crippen LogP contribution is 2.28. The van der Waals surface area contributed by atoms with Crippen LogP contribution in [0.25, 0.3) is 0 Å². The van der Waals surface area contributed by atoms with Crippen molar-refractivity contribution in [3.63, 3.8) is 0 Å². The van der Waals surface area contributed by atoms with Crippen LogP contribution in [0.5, 0.6) is 0 Å². The third kappa shape index (κ3) is 3.24. The lowest BCUT2D eigenvalue weighted by Crippen LogP contribution is -2.17. The van der Waals surface area contributed by atoms with Gasteiger partial charge >= 0.3 is 0 Å². The first-order valence-corrected chi connectivity index (χ1v) is 4.90. The monoisotopic (exact) mass is 156 g/mol. The van der Waals surface area contributed by atoms with Gasteiger partial charge < -0.3 is 4.74 Å². The standard InChI is InChI=1S/C10H20O/c1-3-11-8-10-6-4-9(2)5-7-10/h9-10H,3-8H2,1-2H3/t9-,10-. The Morgan fingerprint density at radius 1 is 1.18 bits per heavy atom. The number of hydrogen-bond acceptors (Lipinski definition) is 1. The van der Waals surface area contributed by atoms with Gasteiger partial charge in [-0.2, -0.15) is 0 Å². The normalized spacial score (nSPS) is 32.2. The van der Waals surface area contributed by atoms with Crippen molar-refractivity contribution in [3.8, 4) is 0 Å². The number of hydrogen-bond donors (Lipinski definition) is 0. The fourth-order valence-electron chi connectivity index (χ4n) is 1.78. The fourth-order valence-corrected chi connectivity index (χ4v) is 1.78. The molecule has 0 aliphatic heterocycles. The van der Waals surface area contributed by atoms with E-state index in [1.807, 2.05) is 0 Å². The van der Waals surface area contributed by atoms with Gasteiger partial charge in [-0.25, -0.2) is 0 Å². The van der Waals surface area contributed by atoms with E-state index >= 15 is 0 Å². The van der Waals surface area contributed by atoms with Crippen LogP contribution in [0.2, 0.25) is 0 Å². The maximum Gasteiger partial charge on any atom is 0.0494 e. The van der Waals surface area contributed by atoms with E-state index < -0.39 is 0 Å². The minimum Gasteiger partial charge on any atom is -0.381 e. The Balaban J connectivity index is 2.07. The number of ether oxygens (including phenoxy) is 1. The number of rotatable bonds is 3. The Bertz CT molecular complexity index is 90.3. The highest BCUT2D eigenvalue weighted by molar-refractivity contribution is 4.69. The van der Waals surface area contributed by atoms with Crippen LogP contribution in [-0.2, 0) is 4.74 Å². The molecule has 1 rings (SSSR count). The predicted molar refractivity (Wildman–Crippen MR) is 47.6 cm³/mol. The Labute approximate surface area is 70.1 Å². The van der Waals surface area contributed by atoms with E-state index in [1.54, 1.807) is 0 Å². The van der Waals surface area contributed by atoms with Crippen LogP contribution >= 0.6 is 0 Å². The maximum absolute atomic E-state index is 5.41. The predicted octanol–water partition coefficient (Wildman–Crippen LogP) is 2.85. The summed E-state index contributed by atoms with van der Waals surface area (Å²) in [6.07, 6.45) is 5.61. The molecule has 0 spiro atoms. The van der Waals surface area contributed by atoms with E-state index in [2.05, 4.69) is 13.8 Å². The quantitative estimate of drug-likeness (QED) is 0.610. The molecular weight excluding hydrogens is 136 g/mol. The molecule has 0 saturated heterocycles. The Kier molecular flexibility index (Phi) is 3.92. The molecular formula is C10H20O. The molecule has 0 atom stereocenters. The lowest BCUT2D eigenvalue weighted by atomic mass is 9.83. The molecule has 1 nitrogen and oxygen atoms in total. The first-order valence-electron chi connectivity index (χ1n) is 4.90. The molecule has 0 bridgehead atoms. The van der Waals surface area contributed by atoms with Crippen LogP contribution in [0.4, 0.5) is 0 Å². The summed E-state index contributed by atoms with van der Waals surface area (Å²) in [5.41, 5.74) is 0. The SMILES string of the molecule is CCOC[C@H]1CC[C@H](C)CC1. The summed E-state index contributed by atoms with van der Waals surface area (Å²) in [5, 5.41) is 0. The molecule has 0 aromatic carbocycles. The van der Waals surface area contributed by atoms with Crippen LogP contribution in [-0.4, -0.2) is 13.2 Å². The zero-order chi connectivity index (χ0) is 8.10. The largest absolute Gasteiger partial charge is 0.381 e. The molecule has 1 aliphatic rings. The van der Waals surface area contributed by atoms with Crippen LogP contribution in [0.1, 0.15) is 39.5 Å². The van der Waals surface area contributed by atoms with E-state index in [1.165, 1.54) is 25.7 Å². The maximum atomic E-state index is 5.41. The topological polar surface area (TPSA) is 9.23 Å². The molecule has 0 amide bonds. The molecule has 0 aromatic heterocycles. The van der Waals surface area contributed by atoms with Gasteiger partial charge in [0.1, 0.15) is 0 Å². The van der Waals surface area contributed by atoms with E-state index in [9.17, 15) is 0 Å².